The molecule has 0 bridgehead atoms. The first-order valence-corrected chi connectivity index (χ1v) is 7.19. The number of pyridine rings is 1. The summed E-state index contributed by atoms with van der Waals surface area (Å²) in [6.45, 7) is 0. The van der Waals surface area contributed by atoms with E-state index in [1.165, 1.54) is 32.1 Å². The number of methoxy groups -OCH3 is 1. The molecule has 0 N–H and O–H groups in total. The fraction of sp³-hybridized carbons (Fsp3) is 0.533. The molecule has 5 heteroatoms. The Bertz CT molecular complexity index is 506. The van der Waals surface area contributed by atoms with Crippen LogP contribution in [0, 0.1) is 5.92 Å². The molecule has 0 spiro atoms. The molecule has 0 aromatic carbocycles. The topological polar surface area (TPSA) is 60.9 Å². The maximum atomic E-state index is 5.64. The van der Waals surface area contributed by atoms with Gasteiger partial charge in [-0.15, -0.1) is 10.2 Å². The molecular weight excluding hydrogens is 252 g/mol. The zero-order valence-electron chi connectivity index (χ0n) is 11.7. The van der Waals surface area contributed by atoms with Crippen LogP contribution in [0.1, 0.15) is 37.7 Å². The lowest BCUT2D eigenvalue weighted by Gasteiger charge is -2.28. The summed E-state index contributed by atoms with van der Waals surface area (Å²) in [5.74, 6) is 1.85. The number of amidine groups is 2. The van der Waals surface area contributed by atoms with E-state index in [0.29, 0.717) is 17.6 Å². The molecule has 20 heavy (non-hydrogen) atoms. The van der Waals surface area contributed by atoms with Gasteiger partial charge in [0.25, 0.3) is 0 Å². The quantitative estimate of drug-likeness (QED) is 0.844. The van der Waals surface area contributed by atoms with E-state index >= 15 is 0 Å². The molecule has 1 aliphatic heterocycles. The van der Waals surface area contributed by atoms with Gasteiger partial charge in [-0.05, 0) is 30.9 Å². The van der Waals surface area contributed by atoms with Gasteiger partial charge in [-0.2, -0.15) is 0 Å². The molecule has 1 aliphatic carbocycles. The van der Waals surface area contributed by atoms with E-state index in [2.05, 4.69) is 20.5 Å². The smallest absolute Gasteiger partial charge is 0.185 e. The van der Waals surface area contributed by atoms with Gasteiger partial charge in [0, 0.05) is 25.1 Å². The molecule has 105 valence electrons. The zero-order valence-corrected chi connectivity index (χ0v) is 11.7. The highest BCUT2D eigenvalue weighted by Gasteiger charge is 2.31. The predicted octanol–water partition coefficient (Wildman–Crippen LogP) is 2.36. The summed E-state index contributed by atoms with van der Waals surface area (Å²) in [4.78, 5) is 4.09. The van der Waals surface area contributed by atoms with Crippen LogP contribution >= 0.6 is 0 Å². The fourth-order valence-corrected chi connectivity index (χ4v) is 2.94. The van der Waals surface area contributed by atoms with Gasteiger partial charge >= 0.3 is 0 Å². The zero-order chi connectivity index (χ0) is 13.8. The fourth-order valence-electron chi connectivity index (χ4n) is 2.94. The largest absolute Gasteiger partial charge is 0.373 e. The number of hydrogen-bond donors (Lipinski definition) is 0. The monoisotopic (exact) mass is 271 g/mol. The Morgan fingerprint density at radius 3 is 2.75 bits per heavy atom. The van der Waals surface area contributed by atoms with Gasteiger partial charge in [0.1, 0.15) is 6.10 Å². The van der Waals surface area contributed by atoms with E-state index in [1.54, 1.807) is 19.5 Å². The Hall–Kier alpha value is -1.75. The lowest BCUT2D eigenvalue weighted by molar-refractivity contribution is 0.0843. The van der Waals surface area contributed by atoms with Crippen molar-refractivity contribution < 1.29 is 4.74 Å². The standard InChI is InChI=1S/C15H19N4O/c1-20-13(11-6-3-2-4-7-11)15-17-14(18-19-15)12-8-5-9-16-10-12/h5,8-11,13H,2-4,6-7H2,1H3. The Morgan fingerprint density at radius 1 is 1.20 bits per heavy atom. The van der Waals surface area contributed by atoms with E-state index in [1.807, 2.05) is 12.1 Å². The summed E-state index contributed by atoms with van der Waals surface area (Å²) < 4.78 is 5.64. The molecular formula is C15H19N4O. The second-order valence-corrected chi connectivity index (χ2v) is 5.29. The number of hydrogen-bond acceptors (Lipinski definition) is 4. The first-order valence-electron chi connectivity index (χ1n) is 7.19. The molecule has 0 saturated heterocycles. The lowest BCUT2D eigenvalue weighted by Crippen LogP contribution is -2.38. The Morgan fingerprint density at radius 2 is 2.05 bits per heavy atom. The van der Waals surface area contributed by atoms with Crippen molar-refractivity contribution in [1.29, 1.82) is 0 Å². The summed E-state index contributed by atoms with van der Waals surface area (Å²) in [6, 6.07) is 3.82. The number of rotatable bonds is 4. The molecule has 1 unspecified atom stereocenters. The predicted molar refractivity (Wildman–Crippen MR) is 77.7 cm³/mol. The van der Waals surface area contributed by atoms with Crippen LogP contribution in [0.5, 0.6) is 0 Å². The molecule has 5 nitrogen and oxygen atoms in total. The highest BCUT2D eigenvalue weighted by molar-refractivity contribution is 6.12. The van der Waals surface area contributed by atoms with Gasteiger partial charge in [-0.25, -0.2) is 5.32 Å². The Labute approximate surface area is 119 Å². The maximum Gasteiger partial charge on any atom is 0.185 e. The lowest BCUT2D eigenvalue weighted by atomic mass is 9.84. The van der Waals surface area contributed by atoms with Gasteiger partial charge in [-0.3, -0.25) is 4.98 Å². The van der Waals surface area contributed by atoms with E-state index in [9.17, 15) is 0 Å². The van der Waals surface area contributed by atoms with Gasteiger partial charge in [0.2, 0.25) is 0 Å². The molecule has 1 saturated carbocycles. The summed E-state index contributed by atoms with van der Waals surface area (Å²) in [7, 11) is 1.74. The van der Waals surface area contributed by atoms with Crippen LogP contribution in [-0.4, -0.2) is 29.9 Å². The highest BCUT2D eigenvalue weighted by Crippen LogP contribution is 2.29. The number of nitrogens with zero attached hydrogens (tertiary/aromatic N) is 4. The minimum atomic E-state index is -0.0341. The van der Waals surface area contributed by atoms with Gasteiger partial charge in [0.15, 0.2) is 11.7 Å². The molecule has 1 aromatic rings. The molecule has 1 atom stereocenters. The third-order valence-corrected chi connectivity index (χ3v) is 3.97. The highest BCUT2D eigenvalue weighted by atomic mass is 16.5. The Balaban J connectivity index is 1.67. The van der Waals surface area contributed by atoms with Crippen LogP contribution in [0.25, 0.3) is 0 Å². The normalized spacial score (nSPS) is 21.1. The average Bonchev–Trinajstić information content (AvgIpc) is 3.00. The van der Waals surface area contributed by atoms with Crippen LogP contribution in [0.2, 0.25) is 0 Å². The van der Waals surface area contributed by atoms with Crippen LogP contribution in [0.15, 0.2) is 34.7 Å². The van der Waals surface area contributed by atoms with Crippen molar-refractivity contribution in [3.8, 4) is 0 Å². The van der Waals surface area contributed by atoms with Crippen molar-refractivity contribution in [3.05, 3.63) is 30.1 Å². The minimum Gasteiger partial charge on any atom is -0.373 e. The second-order valence-electron chi connectivity index (χ2n) is 5.29. The molecule has 0 amide bonds. The molecule has 1 fully saturated rings. The minimum absolute atomic E-state index is 0.0341. The third-order valence-electron chi connectivity index (χ3n) is 3.97. The SMILES string of the molecule is COC(C1=NN=C(c2cccnc2)[N]1)C1CCCCC1. The first-order chi connectivity index (χ1) is 9.88. The summed E-state index contributed by atoms with van der Waals surface area (Å²) >= 11 is 0. The first kappa shape index (κ1) is 13.2. The third kappa shape index (κ3) is 2.72. The van der Waals surface area contributed by atoms with Crippen molar-refractivity contribution in [2.24, 2.45) is 16.1 Å². The van der Waals surface area contributed by atoms with Crippen LogP contribution in [-0.2, 0) is 4.74 Å². The molecule has 2 aliphatic rings. The van der Waals surface area contributed by atoms with Crippen molar-refractivity contribution in [2.75, 3.05) is 7.11 Å². The van der Waals surface area contributed by atoms with Crippen molar-refractivity contribution in [1.82, 2.24) is 10.3 Å². The van der Waals surface area contributed by atoms with Gasteiger partial charge in [-0.1, -0.05) is 19.3 Å². The van der Waals surface area contributed by atoms with E-state index in [-0.39, 0.29) is 6.10 Å². The molecule has 1 radical (unpaired) electrons. The van der Waals surface area contributed by atoms with Gasteiger partial charge in [0.05, 0.1) is 0 Å². The summed E-state index contributed by atoms with van der Waals surface area (Å²) in [6.07, 6.45) is 9.71. The van der Waals surface area contributed by atoms with Crippen molar-refractivity contribution >= 4 is 11.7 Å². The van der Waals surface area contributed by atoms with Gasteiger partial charge < -0.3 is 4.74 Å². The van der Waals surface area contributed by atoms with Crippen LogP contribution in [0.3, 0.4) is 0 Å². The second kappa shape index (κ2) is 6.13. The van der Waals surface area contributed by atoms with E-state index in [4.69, 9.17) is 4.74 Å². The maximum absolute atomic E-state index is 5.64. The van der Waals surface area contributed by atoms with E-state index < -0.39 is 0 Å². The van der Waals surface area contributed by atoms with Crippen molar-refractivity contribution in [3.63, 3.8) is 0 Å². The summed E-state index contributed by atoms with van der Waals surface area (Å²) in [5.41, 5.74) is 0.893. The van der Waals surface area contributed by atoms with E-state index in [0.717, 1.165) is 5.56 Å². The molecule has 2 heterocycles. The molecule has 3 rings (SSSR count). The van der Waals surface area contributed by atoms with Crippen molar-refractivity contribution in [2.45, 2.75) is 38.2 Å². The average molecular weight is 271 g/mol. The summed E-state index contributed by atoms with van der Waals surface area (Å²) in [5, 5.41) is 12.9. The van der Waals surface area contributed by atoms with Crippen LogP contribution < -0.4 is 5.32 Å². The number of aromatic nitrogens is 1. The molecule has 1 aromatic heterocycles. The van der Waals surface area contributed by atoms with Crippen LogP contribution in [0.4, 0.5) is 0 Å². The number of ether oxygens (including phenoxy) is 1. The Kier molecular flexibility index (Phi) is 4.06.